The van der Waals surface area contributed by atoms with E-state index in [1.54, 1.807) is 4.90 Å². The van der Waals surface area contributed by atoms with E-state index in [-0.39, 0.29) is 29.5 Å². The largest absolute Gasteiger partial charge is 0.417 e. The highest BCUT2D eigenvalue weighted by atomic mass is 19.4. The van der Waals surface area contributed by atoms with Crippen molar-refractivity contribution in [2.24, 2.45) is 7.05 Å². The monoisotopic (exact) mass is 635 g/mol. The summed E-state index contributed by atoms with van der Waals surface area (Å²) in [4.78, 5) is 39.6. The van der Waals surface area contributed by atoms with E-state index in [1.165, 1.54) is 19.4 Å². The summed E-state index contributed by atoms with van der Waals surface area (Å²) in [5.74, 6) is -3.14. The minimum atomic E-state index is -5.04. The average Bonchev–Trinajstić information content (AvgIpc) is 2.96. The Balaban J connectivity index is 1.58. The molecule has 1 amide bonds. The van der Waals surface area contributed by atoms with E-state index in [9.17, 15) is 22.8 Å². The van der Waals surface area contributed by atoms with Crippen molar-refractivity contribution >= 4 is 23.2 Å². The van der Waals surface area contributed by atoms with Crippen molar-refractivity contribution in [2.75, 3.05) is 54.9 Å². The lowest BCUT2D eigenvalue weighted by Gasteiger charge is -2.39. The van der Waals surface area contributed by atoms with Gasteiger partial charge in [-0.3, -0.25) is 9.59 Å². The third-order valence-corrected chi connectivity index (χ3v) is 8.14. The predicted octanol–water partition coefficient (Wildman–Crippen LogP) is 4.15. The molecule has 2 saturated heterocycles. The van der Waals surface area contributed by atoms with Crippen LogP contribution >= 0.6 is 0 Å². The number of carbonyl (C=O) groups is 1. The van der Waals surface area contributed by atoms with Crippen LogP contribution in [0.15, 0.2) is 35.5 Å². The van der Waals surface area contributed by atoms with Crippen LogP contribution < -0.4 is 20.7 Å². The number of ether oxygens (including phenoxy) is 1. The molecule has 242 valence electrons. The van der Waals surface area contributed by atoms with Gasteiger partial charge < -0.3 is 29.3 Å². The summed E-state index contributed by atoms with van der Waals surface area (Å²) in [6, 6.07) is 1.33. The van der Waals surface area contributed by atoms with Crippen LogP contribution in [-0.4, -0.2) is 83.4 Å². The number of anilines is 3. The number of nitrogens with one attached hydrogen (secondary N) is 1. The molecule has 1 unspecified atom stereocenters. The summed E-state index contributed by atoms with van der Waals surface area (Å²) < 4.78 is 80.3. The summed E-state index contributed by atoms with van der Waals surface area (Å²) in [6.45, 7) is 7.98. The summed E-state index contributed by atoms with van der Waals surface area (Å²) in [6.07, 6.45) is -1.95. The van der Waals surface area contributed by atoms with Crippen LogP contribution in [0.5, 0.6) is 0 Å². The number of pyridine rings is 1. The number of hydrogen-bond acceptors (Lipinski definition) is 8. The van der Waals surface area contributed by atoms with E-state index in [1.807, 2.05) is 37.6 Å². The second-order valence-corrected chi connectivity index (χ2v) is 11.7. The van der Waals surface area contributed by atoms with Crippen molar-refractivity contribution in [1.82, 2.24) is 19.4 Å². The topological polar surface area (TPSA) is 95.8 Å². The zero-order chi connectivity index (χ0) is 32.8. The fourth-order valence-corrected chi connectivity index (χ4v) is 5.69. The Bertz CT molecular complexity index is 1640. The molecule has 0 saturated carbocycles. The first-order valence-electron chi connectivity index (χ1n) is 14.4. The van der Waals surface area contributed by atoms with Gasteiger partial charge in [0.25, 0.3) is 11.5 Å². The van der Waals surface area contributed by atoms with Gasteiger partial charge in [0.05, 0.1) is 34.6 Å². The number of amides is 1. The molecule has 0 spiro atoms. The van der Waals surface area contributed by atoms with E-state index in [4.69, 9.17) is 4.74 Å². The molecule has 4 heterocycles. The number of likely N-dealkylation sites (N-methyl/N-ethyl adjacent to an activating group) is 1. The van der Waals surface area contributed by atoms with Crippen molar-refractivity contribution in [3.05, 3.63) is 63.8 Å². The normalized spacial score (nSPS) is 21.2. The molecule has 2 aliphatic heterocycles. The number of hydrogen-bond donors (Lipinski definition) is 1. The number of benzene rings is 1. The molecule has 0 radical (unpaired) electrons. The molecular formula is C30H34F5N7O3. The maximum absolute atomic E-state index is 16.5. The number of halogens is 5. The highest BCUT2D eigenvalue weighted by Crippen LogP contribution is 2.40. The van der Waals surface area contributed by atoms with Gasteiger partial charge in [0, 0.05) is 82.1 Å². The number of nitrogens with zero attached hydrogens (tertiary/aromatic N) is 6. The van der Waals surface area contributed by atoms with E-state index in [0.29, 0.717) is 44.7 Å². The van der Waals surface area contributed by atoms with Crippen molar-refractivity contribution in [3.63, 3.8) is 0 Å². The van der Waals surface area contributed by atoms with E-state index < -0.39 is 51.7 Å². The van der Waals surface area contributed by atoms with Crippen molar-refractivity contribution in [1.29, 1.82) is 0 Å². The average molecular weight is 636 g/mol. The van der Waals surface area contributed by atoms with Gasteiger partial charge in [-0.2, -0.15) is 13.2 Å². The molecule has 1 aromatic carbocycles. The molecule has 2 fully saturated rings. The highest BCUT2D eigenvalue weighted by Gasteiger charge is 2.37. The molecule has 10 nitrogen and oxygen atoms in total. The highest BCUT2D eigenvalue weighted by molar-refractivity contribution is 6.07. The second-order valence-electron chi connectivity index (χ2n) is 11.7. The molecule has 1 N–H and O–H groups in total. The van der Waals surface area contributed by atoms with Crippen LogP contribution in [-0.2, 0) is 18.0 Å². The Kier molecular flexibility index (Phi) is 8.86. The van der Waals surface area contributed by atoms with Crippen LogP contribution in [0, 0.1) is 11.6 Å². The lowest BCUT2D eigenvalue weighted by atomic mass is 10.0. The molecule has 3 aromatic rings. The van der Waals surface area contributed by atoms with Gasteiger partial charge in [-0.05, 0) is 27.8 Å². The van der Waals surface area contributed by atoms with Crippen molar-refractivity contribution in [2.45, 2.75) is 45.2 Å². The number of morpholine rings is 1. The molecule has 0 aliphatic carbocycles. The van der Waals surface area contributed by atoms with Gasteiger partial charge in [0.1, 0.15) is 11.5 Å². The second kappa shape index (κ2) is 12.4. The summed E-state index contributed by atoms with van der Waals surface area (Å²) in [5, 5.41) is 2.27. The molecule has 2 aliphatic rings. The lowest BCUT2D eigenvalue weighted by Crippen LogP contribution is -2.50. The Labute approximate surface area is 256 Å². The predicted molar refractivity (Wildman–Crippen MR) is 159 cm³/mol. The third-order valence-electron chi connectivity index (χ3n) is 8.14. The smallest absolute Gasteiger partial charge is 0.372 e. The molecule has 5 rings (SSSR count). The zero-order valence-electron chi connectivity index (χ0n) is 25.5. The summed E-state index contributed by atoms with van der Waals surface area (Å²) in [7, 11) is 3.09. The van der Waals surface area contributed by atoms with Crippen LogP contribution in [0.25, 0.3) is 11.1 Å². The maximum Gasteiger partial charge on any atom is 0.417 e. The van der Waals surface area contributed by atoms with Crippen LogP contribution in [0.2, 0.25) is 0 Å². The number of alkyl halides is 3. The fourth-order valence-electron chi connectivity index (χ4n) is 5.69. The Hall–Kier alpha value is -4.11. The fraction of sp³-hybridized carbons (Fsp3) is 0.467. The minimum Gasteiger partial charge on any atom is -0.372 e. The van der Waals surface area contributed by atoms with Crippen LogP contribution in [0.4, 0.5) is 39.3 Å². The lowest BCUT2D eigenvalue weighted by molar-refractivity contribution is -0.138. The molecule has 3 atom stereocenters. The van der Waals surface area contributed by atoms with E-state index >= 15 is 8.78 Å². The Morgan fingerprint density at radius 2 is 1.62 bits per heavy atom. The maximum atomic E-state index is 16.5. The Morgan fingerprint density at radius 3 is 2.22 bits per heavy atom. The molecule has 0 bridgehead atoms. The number of carbonyl (C=O) groups excluding carboxylic acids is 1. The Morgan fingerprint density at radius 1 is 0.978 bits per heavy atom. The first-order chi connectivity index (χ1) is 21.1. The minimum absolute atomic E-state index is 0.0276. The van der Waals surface area contributed by atoms with Gasteiger partial charge in [-0.1, -0.05) is 0 Å². The SMILES string of the molecule is CC1CN(c2cc(F)c(-c3cnc(N4C[C@@H](C)O[C@H](C)C4)nc3)c(F)c2NC(=O)c2cn(C)c(=O)cc2C(F)(F)F)CCN1C. The quantitative estimate of drug-likeness (QED) is 0.418. The third kappa shape index (κ3) is 6.64. The summed E-state index contributed by atoms with van der Waals surface area (Å²) >= 11 is 0. The van der Waals surface area contributed by atoms with Crippen molar-refractivity contribution < 1.29 is 31.5 Å². The molecule has 45 heavy (non-hydrogen) atoms. The van der Waals surface area contributed by atoms with Gasteiger partial charge in [0.15, 0.2) is 5.82 Å². The van der Waals surface area contributed by atoms with Crippen LogP contribution in [0.3, 0.4) is 0 Å². The first-order valence-corrected chi connectivity index (χ1v) is 14.4. The molecule has 15 heteroatoms. The number of aromatic nitrogens is 3. The number of rotatable bonds is 5. The van der Waals surface area contributed by atoms with Crippen molar-refractivity contribution in [3.8, 4) is 11.1 Å². The van der Waals surface area contributed by atoms with E-state index in [0.717, 1.165) is 16.8 Å². The van der Waals surface area contributed by atoms with Crippen LogP contribution in [0.1, 0.15) is 36.7 Å². The van der Waals surface area contributed by atoms with Gasteiger partial charge in [-0.25, -0.2) is 18.7 Å². The molecular weight excluding hydrogens is 601 g/mol. The summed E-state index contributed by atoms with van der Waals surface area (Å²) in [5.41, 5.74) is -4.47. The van der Waals surface area contributed by atoms with Gasteiger partial charge in [-0.15, -0.1) is 0 Å². The van der Waals surface area contributed by atoms with E-state index in [2.05, 4.69) is 15.3 Å². The number of piperazine rings is 1. The molecule has 2 aromatic heterocycles. The standard InChI is InChI=1S/C30H34F5N7O3/c1-16-12-41(7-6-39(16)4)23-9-22(31)25(19-10-36-29(37-11-19)42-13-17(2)45-18(3)14-42)26(32)27(23)38-28(44)20-15-40(5)24(43)8-21(20)30(33,34)35/h8-11,15-18H,6-7,12-14H2,1-5H3,(H,38,44)/t16?,17-,18-/m1/s1. The number of aryl methyl sites for hydroxylation is 1. The first kappa shape index (κ1) is 32.3. The zero-order valence-corrected chi connectivity index (χ0v) is 25.5. The van der Waals surface area contributed by atoms with Gasteiger partial charge in [0.2, 0.25) is 5.95 Å². The van der Waals surface area contributed by atoms with Gasteiger partial charge >= 0.3 is 6.18 Å².